The van der Waals surface area contributed by atoms with Gasteiger partial charge < -0.3 is 15.4 Å². The molecule has 2 amide bonds. The van der Waals surface area contributed by atoms with E-state index in [1.807, 2.05) is 0 Å². The molecule has 0 heterocycles. The van der Waals surface area contributed by atoms with E-state index in [-0.39, 0.29) is 11.8 Å². The first-order valence-corrected chi connectivity index (χ1v) is 8.03. The summed E-state index contributed by atoms with van der Waals surface area (Å²) in [6, 6.07) is 0. The van der Waals surface area contributed by atoms with Crippen molar-refractivity contribution in [3.8, 4) is 0 Å². The van der Waals surface area contributed by atoms with E-state index in [1.165, 1.54) is 0 Å². The molecule has 0 saturated carbocycles. The Hall–Kier alpha value is -1.10. The normalized spacial score (nSPS) is 11.0. The highest BCUT2D eigenvalue weighted by atomic mass is 16.5. The van der Waals surface area contributed by atoms with Gasteiger partial charge in [-0.3, -0.25) is 9.59 Å². The van der Waals surface area contributed by atoms with Crippen LogP contribution in [0.3, 0.4) is 0 Å². The predicted molar refractivity (Wildman–Crippen MR) is 85.0 cm³/mol. The SMILES string of the molecule is CC(C)CCCNC(=O)CCOCCC(=O)NCC(C)C. The number of hydrogen-bond donors (Lipinski definition) is 2. The number of carbonyl (C=O) groups is 2. The van der Waals surface area contributed by atoms with Gasteiger partial charge in [0.25, 0.3) is 0 Å². The molecule has 0 aromatic rings. The third-order valence-corrected chi connectivity index (χ3v) is 2.93. The summed E-state index contributed by atoms with van der Waals surface area (Å²) in [4.78, 5) is 22.9. The van der Waals surface area contributed by atoms with E-state index in [0.717, 1.165) is 19.4 Å². The second-order valence-corrected chi connectivity index (χ2v) is 6.20. The van der Waals surface area contributed by atoms with Crippen LogP contribution in [0.1, 0.15) is 53.4 Å². The molecule has 0 bridgehead atoms. The number of carbonyl (C=O) groups excluding carboxylic acids is 2. The summed E-state index contributed by atoms with van der Waals surface area (Å²) in [7, 11) is 0. The van der Waals surface area contributed by atoms with Gasteiger partial charge in [-0.15, -0.1) is 0 Å². The van der Waals surface area contributed by atoms with Gasteiger partial charge >= 0.3 is 0 Å². The topological polar surface area (TPSA) is 67.4 Å². The largest absolute Gasteiger partial charge is 0.380 e. The molecule has 0 aromatic heterocycles. The number of ether oxygens (including phenoxy) is 1. The zero-order chi connectivity index (χ0) is 16.1. The summed E-state index contributed by atoms with van der Waals surface area (Å²) in [6.45, 7) is 10.6. The van der Waals surface area contributed by atoms with E-state index in [2.05, 4.69) is 38.3 Å². The van der Waals surface area contributed by atoms with Crippen molar-refractivity contribution < 1.29 is 14.3 Å². The number of rotatable bonds is 12. The van der Waals surface area contributed by atoms with E-state index in [4.69, 9.17) is 4.74 Å². The number of hydrogen-bond acceptors (Lipinski definition) is 3. The molecule has 0 rings (SSSR count). The van der Waals surface area contributed by atoms with Gasteiger partial charge in [-0.05, 0) is 24.7 Å². The molecule has 0 aliphatic rings. The monoisotopic (exact) mass is 300 g/mol. The van der Waals surface area contributed by atoms with Crippen LogP contribution in [0.5, 0.6) is 0 Å². The van der Waals surface area contributed by atoms with Gasteiger partial charge in [-0.2, -0.15) is 0 Å². The van der Waals surface area contributed by atoms with Crippen LogP contribution in [0.15, 0.2) is 0 Å². The molecular formula is C16H32N2O3. The average molecular weight is 300 g/mol. The van der Waals surface area contributed by atoms with Gasteiger partial charge in [0.15, 0.2) is 0 Å². The van der Waals surface area contributed by atoms with Gasteiger partial charge in [-0.1, -0.05) is 27.7 Å². The fourth-order valence-electron chi connectivity index (χ4n) is 1.66. The molecule has 0 atom stereocenters. The summed E-state index contributed by atoms with van der Waals surface area (Å²) >= 11 is 0. The Morgan fingerprint density at radius 1 is 0.905 bits per heavy atom. The van der Waals surface area contributed by atoms with Gasteiger partial charge in [0, 0.05) is 25.9 Å². The molecule has 21 heavy (non-hydrogen) atoms. The molecule has 2 N–H and O–H groups in total. The van der Waals surface area contributed by atoms with Crippen LogP contribution in [0.4, 0.5) is 0 Å². The fourth-order valence-corrected chi connectivity index (χ4v) is 1.66. The van der Waals surface area contributed by atoms with Crippen LogP contribution in [-0.2, 0) is 14.3 Å². The molecule has 0 saturated heterocycles. The fraction of sp³-hybridized carbons (Fsp3) is 0.875. The van der Waals surface area contributed by atoms with Crippen molar-refractivity contribution in [2.24, 2.45) is 11.8 Å². The minimum atomic E-state index is 0.00170. The van der Waals surface area contributed by atoms with E-state index in [9.17, 15) is 9.59 Å². The molecule has 5 nitrogen and oxygen atoms in total. The molecule has 0 aromatic carbocycles. The van der Waals surface area contributed by atoms with Gasteiger partial charge in [0.05, 0.1) is 13.2 Å². The molecular weight excluding hydrogens is 268 g/mol. The second-order valence-electron chi connectivity index (χ2n) is 6.20. The molecule has 124 valence electrons. The molecule has 0 aliphatic carbocycles. The Labute approximate surface area is 129 Å². The van der Waals surface area contributed by atoms with Crippen molar-refractivity contribution in [1.82, 2.24) is 10.6 Å². The lowest BCUT2D eigenvalue weighted by atomic mass is 10.1. The zero-order valence-electron chi connectivity index (χ0n) is 14.0. The molecule has 5 heteroatoms. The highest BCUT2D eigenvalue weighted by Crippen LogP contribution is 2.01. The smallest absolute Gasteiger partial charge is 0.222 e. The summed E-state index contributed by atoms with van der Waals surface area (Å²) in [6.07, 6.45) is 2.85. The van der Waals surface area contributed by atoms with Crippen LogP contribution < -0.4 is 10.6 Å². The number of nitrogens with one attached hydrogen (secondary N) is 2. The maximum atomic E-state index is 11.5. The first-order valence-electron chi connectivity index (χ1n) is 8.03. The molecule has 0 spiro atoms. The molecule has 0 fully saturated rings. The van der Waals surface area contributed by atoms with Crippen LogP contribution in [0.2, 0.25) is 0 Å². The lowest BCUT2D eigenvalue weighted by Gasteiger charge is -2.08. The van der Waals surface area contributed by atoms with E-state index in [0.29, 0.717) is 44.4 Å². The maximum absolute atomic E-state index is 11.5. The van der Waals surface area contributed by atoms with Crippen LogP contribution in [-0.4, -0.2) is 38.1 Å². The van der Waals surface area contributed by atoms with Gasteiger partial charge in [0.2, 0.25) is 11.8 Å². The third kappa shape index (κ3) is 15.1. The Morgan fingerprint density at radius 2 is 1.48 bits per heavy atom. The molecule has 0 aliphatic heterocycles. The number of amides is 2. The summed E-state index contributed by atoms with van der Waals surface area (Å²) in [5.41, 5.74) is 0. The summed E-state index contributed by atoms with van der Waals surface area (Å²) < 4.78 is 5.30. The van der Waals surface area contributed by atoms with Gasteiger partial charge in [0.1, 0.15) is 0 Å². The average Bonchev–Trinajstić information content (AvgIpc) is 2.40. The first kappa shape index (κ1) is 19.9. The van der Waals surface area contributed by atoms with Crippen molar-refractivity contribution in [3.63, 3.8) is 0 Å². The Balaban J connectivity index is 3.37. The standard InChI is InChI=1S/C16H32N2O3/c1-13(2)6-5-9-17-15(19)7-10-21-11-8-16(20)18-12-14(3)4/h13-14H,5-12H2,1-4H3,(H,17,19)(H,18,20). The summed E-state index contributed by atoms with van der Waals surface area (Å²) in [5, 5.41) is 5.70. The minimum absolute atomic E-state index is 0.00170. The Morgan fingerprint density at radius 3 is 2.00 bits per heavy atom. The minimum Gasteiger partial charge on any atom is -0.380 e. The zero-order valence-corrected chi connectivity index (χ0v) is 14.0. The van der Waals surface area contributed by atoms with Crippen molar-refractivity contribution >= 4 is 11.8 Å². The van der Waals surface area contributed by atoms with E-state index < -0.39 is 0 Å². The van der Waals surface area contributed by atoms with Crippen molar-refractivity contribution in [1.29, 1.82) is 0 Å². The molecule has 0 unspecified atom stereocenters. The van der Waals surface area contributed by atoms with Crippen molar-refractivity contribution in [3.05, 3.63) is 0 Å². The van der Waals surface area contributed by atoms with Crippen LogP contribution in [0.25, 0.3) is 0 Å². The van der Waals surface area contributed by atoms with Gasteiger partial charge in [-0.25, -0.2) is 0 Å². The lowest BCUT2D eigenvalue weighted by molar-refractivity contribution is -0.122. The van der Waals surface area contributed by atoms with E-state index in [1.54, 1.807) is 0 Å². The Kier molecular flexibility index (Phi) is 12.0. The molecule has 0 radical (unpaired) electrons. The quantitative estimate of drug-likeness (QED) is 0.542. The van der Waals surface area contributed by atoms with Crippen molar-refractivity contribution in [2.75, 3.05) is 26.3 Å². The highest BCUT2D eigenvalue weighted by Gasteiger charge is 2.04. The van der Waals surface area contributed by atoms with Crippen LogP contribution in [0, 0.1) is 11.8 Å². The predicted octanol–water partition coefficient (Wildman–Crippen LogP) is 2.11. The van der Waals surface area contributed by atoms with Crippen LogP contribution >= 0.6 is 0 Å². The van der Waals surface area contributed by atoms with Crippen molar-refractivity contribution in [2.45, 2.75) is 53.4 Å². The summed E-state index contributed by atoms with van der Waals surface area (Å²) in [5.74, 6) is 1.14. The second kappa shape index (κ2) is 12.6. The Bertz CT molecular complexity index is 291. The highest BCUT2D eigenvalue weighted by molar-refractivity contribution is 5.76. The first-order chi connectivity index (χ1) is 9.91. The van der Waals surface area contributed by atoms with E-state index >= 15 is 0 Å². The lowest BCUT2D eigenvalue weighted by Crippen LogP contribution is -2.28. The maximum Gasteiger partial charge on any atom is 0.222 e. The third-order valence-electron chi connectivity index (χ3n) is 2.93.